The summed E-state index contributed by atoms with van der Waals surface area (Å²) in [4.78, 5) is 29.4. The number of halogens is 1. The Kier molecular flexibility index (Phi) is 2.90. The standard InChI is InChI=1S/C10H9BrN4O2/c1-3-4-5-15-8-6(12-9(15)11)7(16)13-10(17)14(8)2/h5H2,1-2H3,(H,13,16,17). The van der Waals surface area contributed by atoms with Gasteiger partial charge in [0.2, 0.25) is 0 Å². The number of imidazole rings is 1. The molecule has 17 heavy (non-hydrogen) atoms. The third-order valence-corrected chi connectivity index (χ3v) is 2.97. The summed E-state index contributed by atoms with van der Waals surface area (Å²) in [6.45, 7) is 2.09. The fourth-order valence-electron chi connectivity index (χ4n) is 1.54. The van der Waals surface area contributed by atoms with E-state index in [1.807, 2.05) is 0 Å². The summed E-state index contributed by atoms with van der Waals surface area (Å²) >= 11 is 3.25. The first-order valence-electron chi connectivity index (χ1n) is 4.81. The number of hydrogen-bond donors (Lipinski definition) is 1. The molecule has 0 aliphatic carbocycles. The summed E-state index contributed by atoms with van der Waals surface area (Å²) in [6, 6.07) is 0. The average Bonchev–Trinajstić information content (AvgIpc) is 2.61. The first-order valence-corrected chi connectivity index (χ1v) is 5.60. The molecule has 0 radical (unpaired) electrons. The van der Waals surface area contributed by atoms with E-state index in [0.717, 1.165) is 0 Å². The Bertz CT molecular complexity index is 757. The van der Waals surface area contributed by atoms with Crippen LogP contribution in [0, 0.1) is 11.8 Å². The molecule has 0 aliphatic rings. The maximum Gasteiger partial charge on any atom is 0.329 e. The number of rotatable bonds is 1. The average molecular weight is 297 g/mol. The van der Waals surface area contributed by atoms with Gasteiger partial charge >= 0.3 is 5.69 Å². The van der Waals surface area contributed by atoms with E-state index < -0.39 is 11.2 Å². The zero-order valence-electron chi connectivity index (χ0n) is 9.24. The van der Waals surface area contributed by atoms with E-state index in [1.54, 1.807) is 18.5 Å². The minimum Gasteiger partial charge on any atom is -0.293 e. The quantitative estimate of drug-likeness (QED) is 0.604. The molecule has 6 nitrogen and oxygen atoms in total. The van der Waals surface area contributed by atoms with Crippen molar-refractivity contribution < 1.29 is 0 Å². The van der Waals surface area contributed by atoms with Gasteiger partial charge in [0.25, 0.3) is 5.56 Å². The van der Waals surface area contributed by atoms with Crippen molar-refractivity contribution in [2.24, 2.45) is 7.05 Å². The van der Waals surface area contributed by atoms with Gasteiger partial charge in [0, 0.05) is 7.05 Å². The van der Waals surface area contributed by atoms with Crippen molar-refractivity contribution in [1.29, 1.82) is 0 Å². The number of aromatic nitrogens is 4. The van der Waals surface area contributed by atoms with E-state index in [0.29, 0.717) is 16.9 Å². The van der Waals surface area contributed by atoms with Crippen LogP contribution in [0.25, 0.3) is 11.2 Å². The van der Waals surface area contributed by atoms with Crippen molar-refractivity contribution in [2.75, 3.05) is 0 Å². The van der Waals surface area contributed by atoms with Gasteiger partial charge in [-0.2, -0.15) is 0 Å². The number of fused-ring (bicyclic) bond motifs is 1. The molecule has 2 rings (SSSR count). The van der Waals surface area contributed by atoms with E-state index in [2.05, 4.69) is 37.7 Å². The van der Waals surface area contributed by atoms with E-state index in [1.165, 1.54) is 4.57 Å². The molecule has 1 N–H and O–H groups in total. The number of nitrogens with zero attached hydrogens (tertiary/aromatic N) is 3. The molecular weight excluding hydrogens is 288 g/mol. The lowest BCUT2D eigenvalue weighted by Gasteiger charge is -2.03. The second kappa shape index (κ2) is 4.22. The van der Waals surface area contributed by atoms with Crippen molar-refractivity contribution in [3.63, 3.8) is 0 Å². The lowest BCUT2D eigenvalue weighted by molar-refractivity contribution is 0.761. The Morgan fingerprint density at radius 1 is 1.47 bits per heavy atom. The molecule has 2 aromatic heterocycles. The molecule has 2 aromatic rings. The summed E-state index contributed by atoms with van der Waals surface area (Å²) in [6.07, 6.45) is 0. The number of hydrogen-bond acceptors (Lipinski definition) is 3. The Morgan fingerprint density at radius 2 is 2.18 bits per heavy atom. The molecular formula is C10H9BrN4O2. The number of aryl methyl sites for hydroxylation is 1. The summed E-state index contributed by atoms with van der Waals surface area (Å²) in [5.74, 6) is 5.62. The van der Waals surface area contributed by atoms with Gasteiger partial charge in [0.05, 0.1) is 6.54 Å². The molecule has 0 saturated carbocycles. The molecule has 7 heteroatoms. The predicted molar refractivity (Wildman–Crippen MR) is 66.7 cm³/mol. The third kappa shape index (κ3) is 1.80. The van der Waals surface area contributed by atoms with E-state index in [4.69, 9.17) is 0 Å². The highest BCUT2D eigenvalue weighted by atomic mass is 79.9. The first kappa shape index (κ1) is 11.7. The Labute approximate surface area is 104 Å². The zero-order valence-corrected chi connectivity index (χ0v) is 10.8. The van der Waals surface area contributed by atoms with Gasteiger partial charge in [-0.1, -0.05) is 5.92 Å². The Balaban J connectivity index is 2.92. The van der Waals surface area contributed by atoms with Gasteiger partial charge in [-0.3, -0.25) is 18.9 Å². The van der Waals surface area contributed by atoms with Crippen molar-refractivity contribution in [2.45, 2.75) is 13.5 Å². The largest absolute Gasteiger partial charge is 0.329 e. The SMILES string of the molecule is CC#CCn1c(Br)nc2c(=O)[nH]c(=O)n(C)c21. The van der Waals surface area contributed by atoms with E-state index in [-0.39, 0.29) is 5.52 Å². The topological polar surface area (TPSA) is 72.7 Å². The smallest absolute Gasteiger partial charge is 0.293 e. The predicted octanol–water partition coefficient (Wildman–Crippen LogP) is 0.209. The van der Waals surface area contributed by atoms with Crippen molar-refractivity contribution in [1.82, 2.24) is 19.1 Å². The fourth-order valence-corrected chi connectivity index (χ4v) is 2.02. The maximum absolute atomic E-state index is 11.6. The summed E-state index contributed by atoms with van der Waals surface area (Å²) in [5, 5.41) is 0. The first-order chi connectivity index (χ1) is 8.06. The fraction of sp³-hybridized carbons (Fsp3) is 0.300. The van der Waals surface area contributed by atoms with Gasteiger partial charge in [-0.05, 0) is 22.9 Å². The molecule has 0 amide bonds. The van der Waals surface area contributed by atoms with Crippen LogP contribution in [-0.2, 0) is 13.6 Å². The molecule has 0 fully saturated rings. The van der Waals surface area contributed by atoms with Crippen LogP contribution in [0.5, 0.6) is 0 Å². The Morgan fingerprint density at radius 3 is 2.82 bits per heavy atom. The molecule has 0 aliphatic heterocycles. The number of H-pyrrole nitrogens is 1. The molecule has 0 saturated heterocycles. The van der Waals surface area contributed by atoms with Crippen molar-refractivity contribution in [3.8, 4) is 11.8 Å². The molecule has 88 valence electrons. The van der Waals surface area contributed by atoms with Crippen LogP contribution in [0.15, 0.2) is 14.3 Å². The molecule has 0 atom stereocenters. The molecule has 0 bridgehead atoms. The molecule has 0 aromatic carbocycles. The van der Waals surface area contributed by atoms with Crippen LogP contribution in [-0.4, -0.2) is 19.1 Å². The summed E-state index contributed by atoms with van der Waals surface area (Å²) in [7, 11) is 1.57. The third-order valence-electron chi connectivity index (χ3n) is 2.37. The van der Waals surface area contributed by atoms with Gasteiger partial charge in [-0.15, -0.1) is 5.92 Å². The van der Waals surface area contributed by atoms with E-state index >= 15 is 0 Å². The summed E-state index contributed by atoms with van der Waals surface area (Å²) in [5.41, 5.74) is -0.294. The highest BCUT2D eigenvalue weighted by Crippen LogP contribution is 2.15. The van der Waals surface area contributed by atoms with Gasteiger partial charge in [0.1, 0.15) is 0 Å². The number of aromatic amines is 1. The van der Waals surface area contributed by atoms with Crippen LogP contribution in [0.1, 0.15) is 6.92 Å². The summed E-state index contributed by atoms with van der Waals surface area (Å²) < 4.78 is 3.48. The van der Waals surface area contributed by atoms with Crippen LogP contribution in [0.3, 0.4) is 0 Å². The van der Waals surface area contributed by atoms with Crippen LogP contribution in [0.2, 0.25) is 0 Å². The monoisotopic (exact) mass is 296 g/mol. The lowest BCUT2D eigenvalue weighted by atomic mass is 10.5. The van der Waals surface area contributed by atoms with E-state index in [9.17, 15) is 9.59 Å². The van der Waals surface area contributed by atoms with Crippen LogP contribution >= 0.6 is 15.9 Å². The van der Waals surface area contributed by atoms with Crippen molar-refractivity contribution >= 4 is 27.1 Å². The molecule has 2 heterocycles. The molecule has 0 spiro atoms. The van der Waals surface area contributed by atoms with Crippen LogP contribution < -0.4 is 11.2 Å². The minimum atomic E-state index is -0.494. The van der Waals surface area contributed by atoms with Gasteiger partial charge in [-0.25, -0.2) is 9.78 Å². The van der Waals surface area contributed by atoms with Crippen molar-refractivity contribution in [3.05, 3.63) is 25.6 Å². The highest BCUT2D eigenvalue weighted by molar-refractivity contribution is 9.10. The number of nitrogens with one attached hydrogen (secondary N) is 1. The second-order valence-corrected chi connectivity index (χ2v) is 4.09. The van der Waals surface area contributed by atoms with Crippen LogP contribution in [0.4, 0.5) is 0 Å². The normalized spacial score (nSPS) is 10.3. The maximum atomic E-state index is 11.6. The lowest BCUT2D eigenvalue weighted by Crippen LogP contribution is -2.29. The Hall–Kier alpha value is -1.81. The highest BCUT2D eigenvalue weighted by Gasteiger charge is 2.14. The minimum absolute atomic E-state index is 0.219. The molecule has 0 unspecified atom stereocenters. The zero-order chi connectivity index (χ0) is 12.6. The van der Waals surface area contributed by atoms with Gasteiger partial charge < -0.3 is 0 Å². The van der Waals surface area contributed by atoms with Gasteiger partial charge in [0.15, 0.2) is 15.9 Å². The second-order valence-electron chi connectivity index (χ2n) is 3.38.